The summed E-state index contributed by atoms with van der Waals surface area (Å²) in [7, 11) is 0. The Hall–Kier alpha value is -2.48. The van der Waals surface area contributed by atoms with Crippen molar-refractivity contribution >= 4 is 39.0 Å². The summed E-state index contributed by atoms with van der Waals surface area (Å²) in [5.41, 5.74) is 1.04. The number of aryl methyl sites for hydroxylation is 1. The van der Waals surface area contributed by atoms with Crippen molar-refractivity contribution < 1.29 is 0 Å². The molecule has 0 atom stereocenters. The lowest BCUT2D eigenvalue weighted by atomic mass is 10.1. The smallest absolute Gasteiger partial charge is 0.150 e. The molecule has 146 valence electrons. The molecule has 5 heterocycles. The molecule has 0 unspecified atom stereocenters. The number of aromatic nitrogens is 4. The van der Waals surface area contributed by atoms with Gasteiger partial charge in [0.15, 0.2) is 0 Å². The largest absolute Gasteiger partial charge is 0.356 e. The van der Waals surface area contributed by atoms with Crippen LogP contribution in [0.1, 0.15) is 25.1 Å². The SMILES string of the molecule is Cc1nc(N2CCCCC2)cc(N2CCN(c3ncnc4ccsc34)CC2)n1. The first-order valence-corrected chi connectivity index (χ1v) is 10.9. The van der Waals surface area contributed by atoms with Crippen molar-refractivity contribution in [1.82, 2.24) is 19.9 Å². The van der Waals surface area contributed by atoms with Gasteiger partial charge < -0.3 is 14.7 Å². The first kappa shape index (κ1) is 17.6. The van der Waals surface area contributed by atoms with Crippen LogP contribution in [-0.2, 0) is 0 Å². The molecule has 0 bridgehead atoms. The first-order valence-electron chi connectivity index (χ1n) is 10.1. The lowest BCUT2D eigenvalue weighted by molar-refractivity contribution is 0.572. The molecule has 0 N–H and O–H groups in total. The van der Waals surface area contributed by atoms with Crippen molar-refractivity contribution in [1.29, 1.82) is 0 Å². The Morgan fingerprint density at radius 1 is 0.821 bits per heavy atom. The molecular formula is C20H25N7S. The zero-order valence-electron chi connectivity index (χ0n) is 16.2. The van der Waals surface area contributed by atoms with Gasteiger partial charge in [0.1, 0.15) is 29.6 Å². The van der Waals surface area contributed by atoms with Crippen LogP contribution in [0.15, 0.2) is 23.8 Å². The molecule has 2 fully saturated rings. The normalized spacial score (nSPS) is 18.1. The second-order valence-corrected chi connectivity index (χ2v) is 8.40. The number of fused-ring (bicyclic) bond motifs is 1. The summed E-state index contributed by atoms with van der Waals surface area (Å²) in [6.07, 6.45) is 5.52. The molecule has 0 aliphatic carbocycles. The molecule has 7 nitrogen and oxygen atoms in total. The van der Waals surface area contributed by atoms with Crippen LogP contribution in [-0.4, -0.2) is 59.2 Å². The van der Waals surface area contributed by atoms with Crippen molar-refractivity contribution in [3.63, 3.8) is 0 Å². The van der Waals surface area contributed by atoms with Gasteiger partial charge in [-0.25, -0.2) is 19.9 Å². The second-order valence-electron chi connectivity index (χ2n) is 7.49. The predicted molar refractivity (Wildman–Crippen MR) is 115 cm³/mol. The molecule has 0 radical (unpaired) electrons. The predicted octanol–water partition coefficient (Wildman–Crippen LogP) is 3.11. The molecule has 3 aromatic heterocycles. The summed E-state index contributed by atoms with van der Waals surface area (Å²) in [6, 6.07) is 4.24. The number of hydrogen-bond donors (Lipinski definition) is 0. The van der Waals surface area contributed by atoms with E-state index in [-0.39, 0.29) is 0 Å². The van der Waals surface area contributed by atoms with E-state index in [2.05, 4.69) is 42.2 Å². The highest BCUT2D eigenvalue weighted by atomic mass is 32.1. The number of thiophene rings is 1. The summed E-state index contributed by atoms with van der Waals surface area (Å²) in [5, 5.41) is 2.09. The molecule has 0 amide bonds. The Kier molecular flexibility index (Phi) is 4.72. The van der Waals surface area contributed by atoms with Gasteiger partial charge in [-0.1, -0.05) is 0 Å². The third-order valence-electron chi connectivity index (χ3n) is 5.62. The Balaban J connectivity index is 1.33. The topological polar surface area (TPSA) is 61.3 Å². The average molecular weight is 396 g/mol. The minimum Gasteiger partial charge on any atom is -0.356 e. The zero-order chi connectivity index (χ0) is 18.9. The molecule has 0 saturated carbocycles. The van der Waals surface area contributed by atoms with Crippen LogP contribution < -0.4 is 14.7 Å². The van der Waals surface area contributed by atoms with E-state index in [1.807, 2.05) is 6.92 Å². The van der Waals surface area contributed by atoms with E-state index in [1.165, 1.54) is 24.0 Å². The monoisotopic (exact) mass is 395 g/mol. The maximum Gasteiger partial charge on any atom is 0.150 e. The Labute approximate surface area is 169 Å². The zero-order valence-corrected chi connectivity index (χ0v) is 17.0. The number of piperazine rings is 1. The quantitative estimate of drug-likeness (QED) is 0.675. The Bertz CT molecular complexity index is 958. The van der Waals surface area contributed by atoms with Gasteiger partial charge in [0.2, 0.25) is 0 Å². The molecule has 8 heteroatoms. The maximum atomic E-state index is 4.74. The number of rotatable bonds is 3. The maximum absolute atomic E-state index is 4.74. The lowest BCUT2D eigenvalue weighted by Gasteiger charge is -2.36. The van der Waals surface area contributed by atoms with Crippen LogP contribution in [0.25, 0.3) is 10.2 Å². The fourth-order valence-corrected chi connectivity index (χ4v) is 4.99. The fourth-order valence-electron chi connectivity index (χ4n) is 4.13. The summed E-state index contributed by atoms with van der Waals surface area (Å²) in [5.74, 6) is 4.06. The number of hydrogen-bond acceptors (Lipinski definition) is 8. The molecule has 2 aliphatic rings. The third-order valence-corrected chi connectivity index (χ3v) is 6.52. The molecule has 0 aromatic carbocycles. The Morgan fingerprint density at radius 2 is 1.50 bits per heavy atom. The molecular weight excluding hydrogens is 370 g/mol. The fraction of sp³-hybridized carbons (Fsp3) is 0.500. The highest BCUT2D eigenvalue weighted by Crippen LogP contribution is 2.29. The van der Waals surface area contributed by atoms with Gasteiger partial charge in [0.05, 0.1) is 10.2 Å². The van der Waals surface area contributed by atoms with Crippen LogP contribution in [0, 0.1) is 6.92 Å². The summed E-state index contributed by atoms with van der Waals surface area (Å²) in [6.45, 7) is 7.96. The van der Waals surface area contributed by atoms with Gasteiger partial charge in [-0.15, -0.1) is 11.3 Å². The van der Waals surface area contributed by atoms with Crippen LogP contribution in [0.3, 0.4) is 0 Å². The number of piperidine rings is 1. The highest BCUT2D eigenvalue weighted by Gasteiger charge is 2.23. The van der Waals surface area contributed by atoms with E-state index < -0.39 is 0 Å². The number of nitrogens with zero attached hydrogens (tertiary/aromatic N) is 7. The van der Waals surface area contributed by atoms with Crippen LogP contribution in [0.2, 0.25) is 0 Å². The van der Waals surface area contributed by atoms with Gasteiger partial charge >= 0.3 is 0 Å². The van der Waals surface area contributed by atoms with E-state index >= 15 is 0 Å². The van der Waals surface area contributed by atoms with Gasteiger partial charge in [-0.3, -0.25) is 0 Å². The van der Waals surface area contributed by atoms with Gasteiger partial charge in [0.25, 0.3) is 0 Å². The van der Waals surface area contributed by atoms with Crippen molar-refractivity contribution in [3.05, 3.63) is 29.7 Å². The van der Waals surface area contributed by atoms with Crippen molar-refractivity contribution in [2.45, 2.75) is 26.2 Å². The van der Waals surface area contributed by atoms with Gasteiger partial charge in [-0.05, 0) is 37.6 Å². The van der Waals surface area contributed by atoms with Crippen LogP contribution in [0.4, 0.5) is 17.5 Å². The van der Waals surface area contributed by atoms with Crippen molar-refractivity contribution in [2.24, 2.45) is 0 Å². The summed E-state index contributed by atoms with van der Waals surface area (Å²) in [4.78, 5) is 25.5. The Morgan fingerprint density at radius 3 is 2.25 bits per heavy atom. The molecule has 0 spiro atoms. The number of anilines is 3. The van der Waals surface area contributed by atoms with E-state index in [4.69, 9.17) is 9.97 Å². The highest BCUT2D eigenvalue weighted by molar-refractivity contribution is 7.17. The van der Waals surface area contributed by atoms with Crippen LogP contribution in [0.5, 0.6) is 0 Å². The van der Waals surface area contributed by atoms with E-state index in [9.17, 15) is 0 Å². The minimum atomic E-state index is 0.858. The van der Waals surface area contributed by atoms with Gasteiger partial charge in [0, 0.05) is 45.3 Å². The van der Waals surface area contributed by atoms with Crippen molar-refractivity contribution in [3.8, 4) is 0 Å². The molecule has 2 saturated heterocycles. The van der Waals surface area contributed by atoms with E-state index in [0.29, 0.717) is 0 Å². The summed E-state index contributed by atoms with van der Waals surface area (Å²) >= 11 is 1.72. The minimum absolute atomic E-state index is 0.858. The summed E-state index contributed by atoms with van der Waals surface area (Å²) < 4.78 is 1.18. The molecule has 28 heavy (non-hydrogen) atoms. The third kappa shape index (κ3) is 3.37. The van der Waals surface area contributed by atoms with Crippen LogP contribution >= 0.6 is 11.3 Å². The molecule has 3 aromatic rings. The van der Waals surface area contributed by atoms with Gasteiger partial charge in [-0.2, -0.15) is 0 Å². The second kappa shape index (κ2) is 7.50. The standard InChI is InChI=1S/C20H25N7S/c1-15-23-17(25-6-3-2-4-7-25)13-18(24-15)26-8-10-27(11-9-26)20-19-16(5-12-28-19)21-14-22-20/h5,12-14H,2-4,6-11H2,1H3. The first-order chi connectivity index (χ1) is 13.8. The molecule has 5 rings (SSSR count). The molecule has 2 aliphatic heterocycles. The van der Waals surface area contributed by atoms with E-state index in [1.54, 1.807) is 17.7 Å². The average Bonchev–Trinajstić information content (AvgIpc) is 3.23. The van der Waals surface area contributed by atoms with E-state index in [0.717, 1.165) is 68.1 Å². The lowest BCUT2D eigenvalue weighted by Crippen LogP contribution is -2.47. The van der Waals surface area contributed by atoms with Crippen molar-refractivity contribution in [2.75, 3.05) is 54.0 Å².